The molecule has 1 fully saturated rings. The number of nitrogens with zero attached hydrogens (tertiary/aromatic N) is 2. The fourth-order valence-electron chi connectivity index (χ4n) is 2.59. The van der Waals surface area contributed by atoms with Gasteiger partial charge in [-0.05, 0) is 44.2 Å². The molecule has 0 aliphatic carbocycles. The van der Waals surface area contributed by atoms with Crippen LogP contribution < -0.4 is 0 Å². The zero-order valence-electron chi connectivity index (χ0n) is 11.7. The normalized spacial score (nSPS) is 18.9. The number of aryl methyl sites for hydroxylation is 1. The first kappa shape index (κ1) is 14.5. The number of carboxylic acids is 1. The standard InChI is InChI=1S/C15H20N2O3/c1-11-4-6-13(9-16-11)15(20)17-8-2-3-12(10-17)5-7-14(18)19/h4,6,9,12H,2-3,5,7-8,10H2,1H3,(H,18,19). The van der Waals surface area contributed by atoms with Crippen molar-refractivity contribution in [2.45, 2.75) is 32.6 Å². The predicted octanol–water partition coefficient (Wildman–Crippen LogP) is 2.11. The summed E-state index contributed by atoms with van der Waals surface area (Å²) in [6, 6.07) is 3.63. The number of aromatic nitrogens is 1. The number of carboxylic acid groups (broad SMARTS) is 1. The van der Waals surface area contributed by atoms with Crippen LogP contribution in [0.1, 0.15) is 41.7 Å². The zero-order valence-corrected chi connectivity index (χ0v) is 11.7. The van der Waals surface area contributed by atoms with E-state index in [4.69, 9.17) is 5.11 Å². The number of rotatable bonds is 4. The molecule has 1 saturated heterocycles. The average Bonchev–Trinajstić information content (AvgIpc) is 2.45. The molecule has 0 bridgehead atoms. The van der Waals surface area contributed by atoms with Crippen LogP contribution in [0.2, 0.25) is 0 Å². The molecule has 2 rings (SSSR count). The molecule has 1 unspecified atom stereocenters. The summed E-state index contributed by atoms with van der Waals surface area (Å²) in [4.78, 5) is 29.0. The van der Waals surface area contributed by atoms with E-state index in [1.54, 1.807) is 12.3 Å². The first-order valence-electron chi connectivity index (χ1n) is 7.00. The van der Waals surface area contributed by atoms with E-state index in [-0.39, 0.29) is 12.3 Å². The predicted molar refractivity (Wildman–Crippen MR) is 74.5 cm³/mol. The van der Waals surface area contributed by atoms with E-state index in [1.165, 1.54) is 0 Å². The van der Waals surface area contributed by atoms with E-state index < -0.39 is 5.97 Å². The first-order valence-corrected chi connectivity index (χ1v) is 7.00. The fraction of sp³-hybridized carbons (Fsp3) is 0.533. The summed E-state index contributed by atoms with van der Waals surface area (Å²) in [5.41, 5.74) is 1.49. The second kappa shape index (κ2) is 6.50. The largest absolute Gasteiger partial charge is 0.481 e. The number of hydrogen-bond acceptors (Lipinski definition) is 3. The van der Waals surface area contributed by atoms with Crippen LogP contribution in [0.5, 0.6) is 0 Å². The molecule has 1 amide bonds. The monoisotopic (exact) mass is 276 g/mol. The quantitative estimate of drug-likeness (QED) is 0.914. The zero-order chi connectivity index (χ0) is 14.5. The third kappa shape index (κ3) is 3.79. The molecular weight excluding hydrogens is 256 g/mol. The van der Waals surface area contributed by atoms with E-state index in [9.17, 15) is 9.59 Å². The topological polar surface area (TPSA) is 70.5 Å². The van der Waals surface area contributed by atoms with Crippen molar-refractivity contribution < 1.29 is 14.7 Å². The molecule has 0 radical (unpaired) electrons. The molecular formula is C15H20N2O3. The molecule has 108 valence electrons. The van der Waals surface area contributed by atoms with E-state index in [1.807, 2.05) is 17.9 Å². The molecule has 1 aromatic rings. The van der Waals surface area contributed by atoms with Gasteiger partial charge in [0.25, 0.3) is 5.91 Å². The SMILES string of the molecule is Cc1ccc(C(=O)N2CCCC(CCC(=O)O)C2)cn1. The minimum atomic E-state index is -0.767. The van der Waals surface area contributed by atoms with Crippen molar-refractivity contribution in [3.05, 3.63) is 29.6 Å². The maximum Gasteiger partial charge on any atom is 0.303 e. The summed E-state index contributed by atoms with van der Waals surface area (Å²) in [5.74, 6) is -0.476. The van der Waals surface area contributed by atoms with Crippen molar-refractivity contribution in [1.29, 1.82) is 0 Å². The Balaban J connectivity index is 1.96. The van der Waals surface area contributed by atoms with Gasteiger partial charge in [-0.2, -0.15) is 0 Å². The number of carbonyl (C=O) groups is 2. The third-order valence-corrected chi connectivity index (χ3v) is 3.73. The average molecular weight is 276 g/mol. The Morgan fingerprint density at radius 1 is 1.45 bits per heavy atom. The Hall–Kier alpha value is -1.91. The smallest absolute Gasteiger partial charge is 0.303 e. The molecule has 5 nitrogen and oxygen atoms in total. The Morgan fingerprint density at radius 3 is 2.90 bits per heavy atom. The molecule has 20 heavy (non-hydrogen) atoms. The first-order chi connectivity index (χ1) is 9.56. The van der Waals surface area contributed by atoms with Gasteiger partial charge >= 0.3 is 5.97 Å². The molecule has 1 N–H and O–H groups in total. The van der Waals surface area contributed by atoms with Gasteiger partial charge in [-0.25, -0.2) is 0 Å². The molecule has 0 saturated carbocycles. The molecule has 5 heteroatoms. The third-order valence-electron chi connectivity index (χ3n) is 3.73. The van der Waals surface area contributed by atoms with Crippen LogP contribution in [-0.4, -0.2) is 40.0 Å². The van der Waals surface area contributed by atoms with Crippen molar-refractivity contribution in [1.82, 2.24) is 9.88 Å². The number of likely N-dealkylation sites (tertiary alicyclic amines) is 1. The van der Waals surface area contributed by atoms with E-state index in [0.29, 0.717) is 24.4 Å². The summed E-state index contributed by atoms with van der Waals surface area (Å²) in [7, 11) is 0. The Morgan fingerprint density at radius 2 is 2.25 bits per heavy atom. The molecule has 2 heterocycles. The molecule has 0 aromatic carbocycles. The van der Waals surface area contributed by atoms with Gasteiger partial charge in [0.05, 0.1) is 5.56 Å². The van der Waals surface area contributed by atoms with Gasteiger partial charge in [-0.15, -0.1) is 0 Å². The lowest BCUT2D eigenvalue weighted by atomic mass is 9.93. The van der Waals surface area contributed by atoms with Crippen LogP contribution >= 0.6 is 0 Å². The number of aliphatic carboxylic acids is 1. The van der Waals surface area contributed by atoms with Crippen molar-refractivity contribution in [3.8, 4) is 0 Å². The van der Waals surface area contributed by atoms with Gasteiger partial charge in [0.15, 0.2) is 0 Å². The highest BCUT2D eigenvalue weighted by Gasteiger charge is 2.24. The summed E-state index contributed by atoms with van der Waals surface area (Å²) in [6.07, 6.45) is 4.38. The summed E-state index contributed by atoms with van der Waals surface area (Å²) < 4.78 is 0. The lowest BCUT2D eigenvalue weighted by molar-refractivity contribution is -0.137. The highest BCUT2D eigenvalue weighted by Crippen LogP contribution is 2.22. The summed E-state index contributed by atoms with van der Waals surface area (Å²) in [6.45, 7) is 3.29. The van der Waals surface area contributed by atoms with Crippen molar-refractivity contribution >= 4 is 11.9 Å². The van der Waals surface area contributed by atoms with Gasteiger partial charge in [0.1, 0.15) is 0 Å². The fourth-order valence-corrected chi connectivity index (χ4v) is 2.59. The van der Waals surface area contributed by atoms with Gasteiger partial charge in [0, 0.05) is 31.4 Å². The van der Waals surface area contributed by atoms with Crippen molar-refractivity contribution in [2.75, 3.05) is 13.1 Å². The van der Waals surface area contributed by atoms with Gasteiger partial charge in [-0.3, -0.25) is 14.6 Å². The Labute approximate surface area is 118 Å². The van der Waals surface area contributed by atoms with Crippen LogP contribution in [0.15, 0.2) is 18.3 Å². The van der Waals surface area contributed by atoms with Crippen molar-refractivity contribution in [2.24, 2.45) is 5.92 Å². The van der Waals surface area contributed by atoms with Crippen LogP contribution in [-0.2, 0) is 4.79 Å². The number of amides is 1. The number of carbonyl (C=O) groups excluding carboxylic acids is 1. The minimum Gasteiger partial charge on any atom is -0.481 e. The van der Waals surface area contributed by atoms with Crippen LogP contribution in [0.25, 0.3) is 0 Å². The van der Waals surface area contributed by atoms with Gasteiger partial charge < -0.3 is 10.0 Å². The van der Waals surface area contributed by atoms with Crippen molar-refractivity contribution in [3.63, 3.8) is 0 Å². The maximum atomic E-state index is 12.4. The molecule has 1 aromatic heterocycles. The van der Waals surface area contributed by atoms with E-state index >= 15 is 0 Å². The van der Waals surface area contributed by atoms with E-state index in [2.05, 4.69) is 4.98 Å². The van der Waals surface area contributed by atoms with Crippen LogP contribution in [0, 0.1) is 12.8 Å². The highest BCUT2D eigenvalue weighted by atomic mass is 16.4. The van der Waals surface area contributed by atoms with Gasteiger partial charge in [-0.1, -0.05) is 0 Å². The molecule has 1 atom stereocenters. The lowest BCUT2D eigenvalue weighted by Gasteiger charge is -2.32. The van der Waals surface area contributed by atoms with E-state index in [0.717, 1.165) is 25.1 Å². The molecule has 1 aliphatic rings. The second-order valence-electron chi connectivity index (χ2n) is 5.38. The Kier molecular flexibility index (Phi) is 4.71. The number of pyridine rings is 1. The van der Waals surface area contributed by atoms with Gasteiger partial charge in [0.2, 0.25) is 0 Å². The molecule has 1 aliphatic heterocycles. The maximum absolute atomic E-state index is 12.4. The summed E-state index contributed by atoms with van der Waals surface area (Å²) >= 11 is 0. The summed E-state index contributed by atoms with van der Waals surface area (Å²) in [5, 5.41) is 8.73. The number of piperidine rings is 1. The second-order valence-corrected chi connectivity index (χ2v) is 5.38. The number of hydrogen-bond donors (Lipinski definition) is 1. The van der Waals surface area contributed by atoms with Crippen LogP contribution in [0.4, 0.5) is 0 Å². The Bertz CT molecular complexity index is 484. The minimum absolute atomic E-state index is 0.00229. The molecule has 0 spiro atoms. The highest BCUT2D eigenvalue weighted by molar-refractivity contribution is 5.94. The van der Waals surface area contributed by atoms with Crippen LogP contribution in [0.3, 0.4) is 0 Å². The lowest BCUT2D eigenvalue weighted by Crippen LogP contribution is -2.40.